The van der Waals surface area contributed by atoms with Crippen LogP contribution < -0.4 is 5.32 Å². The van der Waals surface area contributed by atoms with E-state index in [4.69, 9.17) is 4.74 Å². The van der Waals surface area contributed by atoms with E-state index in [1.54, 1.807) is 11.8 Å². The molecule has 5 nitrogen and oxygen atoms in total. The molecule has 0 aliphatic heterocycles. The maximum atomic E-state index is 12.0. The SMILES string of the molecule is COCCCNC(=O)c1nn(C)c2ccccc12. The lowest BCUT2D eigenvalue weighted by molar-refractivity contribution is 0.0944. The fraction of sp³-hybridized carbons (Fsp3) is 0.385. The molecule has 0 fully saturated rings. The number of para-hydroxylation sites is 1. The van der Waals surface area contributed by atoms with Crippen LogP contribution >= 0.6 is 0 Å². The highest BCUT2D eigenvalue weighted by Crippen LogP contribution is 2.16. The predicted octanol–water partition coefficient (Wildman–Crippen LogP) is 1.34. The summed E-state index contributed by atoms with van der Waals surface area (Å²) < 4.78 is 6.65. The Balaban J connectivity index is 2.13. The second-order valence-corrected chi connectivity index (χ2v) is 4.09. The van der Waals surface area contributed by atoms with Crippen LogP contribution in [-0.2, 0) is 11.8 Å². The number of carbonyl (C=O) groups is 1. The summed E-state index contributed by atoms with van der Waals surface area (Å²) in [5.74, 6) is -0.136. The van der Waals surface area contributed by atoms with Crippen molar-refractivity contribution in [1.29, 1.82) is 0 Å². The molecule has 96 valence electrons. The van der Waals surface area contributed by atoms with Gasteiger partial charge in [-0.1, -0.05) is 18.2 Å². The van der Waals surface area contributed by atoms with Gasteiger partial charge < -0.3 is 10.1 Å². The summed E-state index contributed by atoms with van der Waals surface area (Å²) >= 11 is 0. The van der Waals surface area contributed by atoms with Crippen molar-refractivity contribution in [3.63, 3.8) is 0 Å². The van der Waals surface area contributed by atoms with E-state index >= 15 is 0 Å². The van der Waals surface area contributed by atoms with Gasteiger partial charge in [0, 0.05) is 32.7 Å². The van der Waals surface area contributed by atoms with Crippen LogP contribution in [0.5, 0.6) is 0 Å². The van der Waals surface area contributed by atoms with E-state index in [1.807, 2.05) is 31.3 Å². The van der Waals surface area contributed by atoms with Crippen LogP contribution in [0, 0.1) is 0 Å². The summed E-state index contributed by atoms with van der Waals surface area (Å²) in [6.07, 6.45) is 0.799. The zero-order valence-electron chi connectivity index (χ0n) is 10.6. The van der Waals surface area contributed by atoms with Crippen molar-refractivity contribution in [1.82, 2.24) is 15.1 Å². The van der Waals surface area contributed by atoms with Gasteiger partial charge in [-0.3, -0.25) is 9.48 Å². The first-order valence-electron chi connectivity index (χ1n) is 5.93. The number of aromatic nitrogens is 2. The summed E-state index contributed by atoms with van der Waals surface area (Å²) in [5.41, 5.74) is 1.44. The van der Waals surface area contributed by atoms with Crippen molar-refractivity contribution in [2.75, 3.05) is 20.3 Å². The number of methoxy groups -OCH3 is 1. The minimum absolute atomic E-state index is 0.136. The van der Waals surface area contributed by atoms with Crippen LogP contribution in [0.2, 0.25) is 0 Å². The molecule has 0 atom stereocenters. The summed E-state index contributed by atoms with van der Waals surface area (Å²) in [6.45, 7) is 1.24. The lowest BCUT2D eigenvalue weighted by Gasteiger charge is -2.02. The maximum Gasteiger partial charge on any atom is 0.272 e. The zero-order valence-corrected chi connectivity index (χ0v) is 10.6. The predicted molar refractivity (Wildman–Crippen MR) is 69.5 cm³/mol. The Hall–Kier alpha value is -1.88. The molecule has 0 radical (unpaired) electrons. The van der Waals surface area contributed by atoms with Crippen molar-refractivity contribution in [2.45, 2.75) is 6.42 Å². The number of nitrogens with one attached hydrogen (secondary N) is 1. The van der Waals surface area contributed by atoms with Gasteiger partial charge >= 0.3 is 0 Å². The van der Waals surface area contributed by atoms with Gasteiger partial charge in [0.2, 0.25) is 0 Å². The molecule has 2 rings (SSSR count). The van der Waals surface area contributed by atoms with E-state index in [1.165, 1.54) is 0 Å². The first kappa shape index (κ1) is 12.6. The largest absolute Gasteiger partial charge is 0.385 e. The van der Waals surface area contributed by atoms with Crippen LogP contribution in [0.25, 0.3) is 10.9 Å². The van der Waals surface area contributed by atoms with E-state index in [0.29, 0.717) is 18.8 Å². The van der Waals surface area contributed by atoms with Gasteiger partial charge in [-0.05, 0) is 12.5 Å². The van der Waals surface area contributed by atoms with Gasteiger partial charge in [-0.15, -0.1) is 0 Å². The minimum Gasteiger partial charge on any atom is -0.385 e. The highest BCUT2D eigenvalue weighted by molar-refractivity contribution is 6.04. The number of carbonyl (C=O) groups excluding carboxylic acids is 1. The van der Waals surface area contributed by atoms with E-state index in [9.17, 15) is 4.79 Å². The summed E-state index contributed by atoms with van der Waals surface area (Å²) in [5, 5.41) is 7.99. The van der Waals surface area contributed by atoms with E-state index in [2.05, 4.69) is 10.4 Å². The fourth-order valence-corrected chi connectivity index (χ4v) is 1.88. The monoisotopic (exact) mass is 247 g/mol. The van der Waals surface area contributed by atoms with E-state index in [-0.39, 0.29) is 5.91 Å². The third-order valence-corrected chi connectivity index (χ3v) is 2.78. The van der Waals surface area contributed by atoms with E-state index in [0.717, 1.165) is 17.3 Å². The molecular weight excluding hydrogens is 230 g/mol. The third kappa shape index (κ3) is 2.51. The molecule has 5 heteroatoms. The van der Waals surface area contributed by atoms with Crippen LogP contribution in [0.15, 0.2) is 24.3 Å². The molecule has 0 aliphatic rings. The second kappa shape index (κ2) is 5.64. The highest BCUT2D eigenvalue weighted by atomic mass is 16.5. The average molecular weight is 247 g/mol. The minimum atomic E-state index is -0.136. The molecule has 0 spiro atoms. The fourth-order valence-electron chi connectivity index (χ4n) is 1.88. The Kier molecular flexibility index (Phi) is 3.94. The number of amides is 1. The number of aryl methyl sites for hydroxylation is 1. The number of benzene rings is 1. The molecule has 1 heterocycles. The second-order valence-electron chi connectivity index (χ2n) is 4.09. The molecule has 0 saturated carbocycles. The molecule has 0 bridgehead atoms. The number of rotatable bonds is 5. The van der Waals surface area contributed by atoms with Gasteiger partial charge in [0.25, 0.3) is 5.91 Å². The summed E-state index contributed by atoms with van der Waals surface area (Å²) in [6, 6.07) is 7.70. The number of fused-ring (bicyclic) bond motifs is 1. The smallest absolute Gasteiger partial charge is 0.272 e. The van der Waals surface area contributed by atoms with Crippen LogP contribution in [0.1, 0.15) is 16.9 Å². The van der Waals surface area contributed by atoms with Gasteiger partial charge in [0.15, 0.2) is 5.69 Å². The Morgan fingerprint density at radius 2 is 2.22 bits per heavy atom. The van der Waals surface area contributed by atoms with Crippen LogP contribution in [0.4, 0.5) is 0 Å². The molecule has 0 saturated heterocycles. The Labute approximate surface area is 106 Å². The van der Waals surface area contributed by atoms with Crippen molar-refractivity contribution >= 4 is 16.8 Å². The van der Waals surface area contributed by atoms with Crippen molar-refractivity contribution in [3.8, 4) is 0 Å². The Morgan fingerprint density at radius 3 is 3.00 bits per heavy atom. The number of hydrogen-bond acceptors (Lipinski definition) is 3. The van der Waals surface area contributed by atoms with Gasteiger partial charge in [-0.2, -0.15) is 5.10 Å². The van der Waals surface area contributed by atoms with Crippen molar-refractivity contribution < 1.29 is 9.53 Å². The average Bonchev–Trinajstić information content (AvgIpc) is 2.73. The van der Waals surface area contributed by atoms with Crippen LogP contribution in [0.3, 0.4) is 0 Å². The zero-order chi connectivity index (χ0) is 13.0. The van der Waals surface area contributed by atoms with Crippen LogP contribution in [-0.4, -0.2) is 35.9 Å². The Morgan fingerprint density at radius 1 is 1.44 bits per heavy atom. The molecule has 1 amide bonds. The molecule has 0 unspecified atom stereocenters. The molecule has 0 aliphatic carbocycles. The molecule has 2 aromatic rings. The molecule has 1 aromatic carbocycles. The first-order valence-corrected chi connectivity index (χ1v) is 5.93. The standard InChI is InChI=1S/C13H17N3O2/c1-16-11-7-4-3-6-10(11)12(15-16)13(17)14-8-5-9-18-2/h3-4,6-7H,5,8-9H2,1-2H3,(H,14,17). The van der Waals surface area contributed by atoms with Crippen molar-refractivity contribution in [2.24, 2.45) is 7.05 Å². The van der Waals surface area contributed by atoms with Gasteiger partial charge in [0.1, 0.15) is 0 Å². The lowest BCUT2D eigenvalue weighted by atomic mass is 10.2. The number of hydrogen-bond donors (Lipinski definition) is 1. The summed E-state index contributed by atoms with van der Waals surface area (Å²) in [7, 11) is 3.48. The summed E-state index contributed by atoms with van der Waals surface area (Å²) in [4.78, 5) is 12.0. The number of nitrogens with zero attached hydrogens (tertiary/aromatic N) is 2. The molecule has 18 heavy (non-hydrogen) atoms. The van der Waals surface area contributed by atoms with Gasteiger partial charge in [-0.25, -0.2) is 0 Å². The lowest BCUT2D eigenvalue weighted by Crippen LogP contribution is -2.25. The quantitative estimate of drug-likeness (QED) is 0.811. The topological polar surface area (TPSA) is 56.1 Å². The highest BCUT2D eigenvalue weighted by Gasteiger charge is 2.14. The normalized spacial score (nSPS) is 10.8. The first-order chi connectivity index (χ1) is 8.74. The third-order valence-electron chi connectivity index (χ3n) is 2.78. The Bertz CT molecular complexity index is 548. The van der Waals surface area contributed by atoms with Crippen molar-refractivity contribution in [3.05, 3.63) is 30.0 Å². The number of ether oxygens (including phenoxy) is 1. The maximum absolute atomic E-state index is 12.0. The van der Waals surface area contributed by atoms with Gasteiger partial charge in [0.05, 0.1) is 5.52 Å². The van der Waals surface area contributed by atoms with E-state index < -0.39 is 0 Å². The molecule has 1 aromatic heterocycles. The molecular formula is C13H17N3O2. The molecule has 1 N–H and O–H groups in total.